The van der Waals surface area contributed by atoms with Crippen LogP contribution < -0.4 is 4.74 Å². The summed E-state index contributed by atoms with van der Waals surface area (Å²) in [6, 6.07) is 15.4. The summed E-state index contributed by atoms with van der Waals surface area (Å²) in [5.74, 6) is 1.19. The summed E-state index contributed by atoms with van der Waals surface area (Å²) >= 11 is 0.846. The minimum atomic E-state index is -0.452. The zero-order valence-electron chi connectivity index (χ0n) is 17.9. The summed E-state index contributed by atoms with van der Waals surface area (Å²) in [5, 5.41) is 10.6. The van der Waals surface area contributed by atoms with Crippen LogP contribution in [0.3, 0.4) is 0 Å². The zero-order valence-corrected chi connectivity index (χ0v) is 18.8. The molecule has 0 bridgehead atoms. The number of nitro groups is 1. The Morgan fingerprint density at radius 1 is 1.09 bits per heavy atom. The largest absolute Gasteiger partial charge is 0.492 e. The third-order valence-corrected chi connectivity index (χ3v) is 5.97. The first kappa shape index (κ1) is 22.3. The van der Waals surface area contributed by atoms with Gasteiger partial charge in [-0.15, -0.1) is 0 Å². The molecule has 1 aliphatic heterocycles. The molecule has 0 spiro atoms. The molecule has 1 aromatic heterocycles. The van der Waals surface area contributed by atoms with Gasteiger partial charge in [0.15, 0.2) is 0 Å². The smallest absolute Gasteiger partial charge is 0.293 e. The molecule has 1 fully saturated rings. The quantitative estimate of drug-likeness (QED) is 0.255. The van der Waals surface area contributed by atoms with Gasteiger partial charge in [-0.25, -0.2) is 0 Å². The summed E-state index contributed by atoms with van der Waals surface area (Å²) in [6.07, 6.45) is 1.52. The Bertz CT molecular complexity index is 1260. The summed E-state index contributed by atoms with van der Waals surface area (Å²) in [7, 11) is 0. The van der Waals surface area contributed by atoms with E-state index in [1.165, 1.54) is 18.2 Å². The van der Waals surface area contributed by atoms with Crippen LogP contribution in [0.15, 0.2) is 63.9 Å². The number of non-ortho nitro benzene ring substituents is 1. The van der Waals surface area contributed by atoms with Gasteiger partial charge in [-0.3, -0.25) is 24.6 Å². The van der Waals surface area contributed by atoms with Gasteiger partial charge in [0.05, 0.1) is 16.4 Å². The van der Waals surface area contributed by atoms with Crippen LogP contribution in [0.1, 0.15) is 16.9 Å². The second kappa shape index (κ2) is 9.33. The number of aryl methyl sites for hydroxylation is 2. The Kier molecular flexibility index (Phi) is 6.32. The van der Waals surface area contributed by atoms with E-state index >= 15 is 0 Å². The van der Waals surface area contributed by atoms with Crippen LogP contribution >= 0.6 is 11.8 Å². The van der Waals surface area contributed by atoms with Gasteiger partial charge in [-0.2, -0.15) is 0 Å². The lowest BCUT2D eigenvalue weighted by atomic mass is 10.1. The number of benzene rings is 2. The van der Waals surface area contributed by atoms with Crippen LogP contribution in [0.25, 0.3) is 17.4 Å². The number of ether oxygens (including phenoxy) is 1. The van der Waals surface area contributed by atoms with Gasteiger partial charge < -0.3 is 9.15 Å². The molecule has 0 saturated carbocycles. The minimum absolute atomic E-state index is 0.00283. The molecule has 1 saturated heterocycles. The second-order valence-corrected chi connectivity index (χ2v) is 8.45. The molecule has 4 rings (SSSR count). The highest BCUT2D eigenvalue weighted by atomic mass is 32.2. The molecule has 0 aliphatic carbocycles. The van der Waals surface area contributed by atoms with Crippen molar-refractivity contribution in [2.45, 2.75) is 13.8 Å². The standard InChI is InChI=1S/C24H20N2O6S/c1-15-3-6-18(7-4-15)31-12-11-25-23(27)22(33-24(25)28)14-19-8-10-21(32-19)20-9-5-17(26(29)30)13-16(20)2/h3-10,13-14H,11-12H2,1-2H3/b22-14-. The number of furan rings is 1. The van der Waals surface area contributed by atoms with Gasteiger partial charge in [0, 0.05) is 23.8 Å². The predicted octanol–water partition coefficient (Wildman–Crippen LogP) is 5.59. The fraction of sp³-hybridized carbons (Fsp3) is 0.167. The summed E-state index contributed by atoms with van der Waals surface area (Å²) in [4.78, 5) is 36.9. The Morgan fingerprint density at radius 2 is 1.85 bits per heavy atom. The lowest BCUT2D eigenvalue weighted by Crippen LogP contribution is -2.32. The van der Waals surface area contributed by atoms with Crippen molar-refractivity contribution in [1.29, 1.82) is 0 Å². The SMILES string of the molecule is Cc1ccc(OCCN2C(=O)S/C(=C\c3ccc(-c4ccc([N+](=O)[O-])cc4C)o3)C2=O)cc1. The minimum Gasteiger partial charge on any atom is -0.492 e. The van der Waals surface area contributed by atoms with Crippen LogP contribution in [0, 0.1) is 24.0 Å². The number of carbonyl (C=O) groups excluding carboxylic acids is 2. The molecule has 2 amide bonds. The van der Waals surface area contributed by atoms with Crippen LogP contribution in [0.4, 0.5) is 10.5 Å². The predicted molar refractivity (Wildman–Crippen MR) is 125 cm³/mol. The fourth-order valence-electron chi connectivity index (χ4n) is 3.32. The number of amides is 2. The molecular weight excluding hydrogens is 444 g/mol. The summed E-state index contributed by atoms with van der Waals surface area (Å²) in [5.41, 5.74) is 2.52. The number of thioether (sulfide) groups is 1. The van der Waals surface area contributed by atoms with E-state index in [2.05, 4.69) is 0 Å². The molecule has 33 heavy (non-hydrogen) atoms. The van der Waals surface area contributed by atoms with Crippen molar-refractivity contribution >= 4 is 34.7 Å². The second-order valence-electron chi connectivity index (χ2n) is 7.45. The maximum Gasteiger partial charge on any atom is 0.293 e. The van der Waals surface area contributed by atoms with Gasteiger partial charge >= 0.3 is 0 Å². The van der Waals surface area contributed by atoms with Gasteiger partial charge in [-0.1, -0.05) is 17.7 Å². The van der Waals surface area contributed by atoms with E-state index in [4.69, 9.17) is 9.15 Å². The summed E-state index contributed by atoms with van der Waals surface area (Å²) in [6.45, 7) is 4.07. The Morgan fingerprint density at radius 3 is 2.55 bits per heavy atom. The highest BCUT2D eigenvalue weighted by molar-refractivity contribution is 8.18. The molecule has 3 aromatic rings. The highest BCUT2D eigenvalue weighted by Gasteiger charge is 2.35. The topological polar surface area (TPSA) is 103 Å². The average Bonchev–Trinajstić information content (AvgIpc) is 3.34. The lowest BCUT2D eigenvalue weighted by molar-refractivity contribution is -0.384. The average molecular weight is 464 g/mol. The molecule has 0 radical (unpaired) electrons. The van der Waals surface area contributed by atoms with Crippen molar-refractivity contribution in [3.05, 3.63) is 86.5 Å². The van der Waals surface area contributed by atoms with Crippen LogP contribution in [0.5, 0.6) is 5.75 Å². The zero-order chi connectivity index (χ0) is 23.5. The van der Waals surface area contributed by atoms with E-state index in [0.717, 1.165) is 22.2 Å². The first-order valence-corrected chi connectivity index (χ1v) is 10.9. The molecule has 168 valence electrons. The van der Waals surface area contributed by atoms with Gasteiger partial charge in [0.1, 0.15) is 23.9 Å². The van der Waals surface area contributed by atoms with E-state index < -0.39 is 10.8 Å². The van der Waals surface area contributed by atoms with Crippen molar-refractivity contribution in [3.8, 4) is 17.1 Å². The molecular formula is C24H20N2O6S. The monoisotopic (exact) mass is 464 g/mol. The molecule has 1 aliphatic rings. The van der Waals surface area contributed by atoms with E-state index in [-0.39, 0.29) is 29.0 Å². The van der Waals surface area contributed by atoms with Gasteiger partial charge in [0.2, 0.25) is 0 Å². The molecule has 8 nitrogen and oxygen atoms in total. The molecule has 2 aromatic carbocycles. The number of carbonyl (C=O) groups is 2. The van der Waals surface area contributed by atoms with Gasteiger partial charge in [0.25, 0.3) is 16.8 Å². The fourth-order valence-corrected chi connectivity index (χ4v) is 4.17. The molecule has 2 heterocycles. The van der Waals surface area contributed by atoms with E-state index in [9.17, 15) is 19.7 Å². The van der Waals surface area contributed by atoms with Crippen LogP contribution in [-0.4, -0.2) is 34.1 Å². The molecule has 0 atom stereocenters. The van der Waals surface area contributed by atoms with Crippen molar-refractivity contribution in [2.75, 3.05) is 13.2 Å². The molecule has 0 unspecified atom stereocenters. The van der Waals surface area contributed by atoms with Crippen molar-refractivity contribution < 1.29 is 23.7 Å². The summed E-state index contributed by atoms with van der Waals surface area (Å²) < 4.78 is 11.4. The van der Waals surface area contributed by atoms with Crippen molar-refractivity contribution in [2.24, 2.45) is 0 Å². The van der Waals surface area contributed by atoms with Gasteiger partial charge in [-0.05, 0) is 61.5 Å². The lowest BCUT2D eigenvalue weighted by Gasteiger charge is -2.13. The van der Waals surface area contributed by atoms with Crippen LogP contribution in [-0.2, 0) is 4.79 Å². The Labute approximate surface area is 194 Å². The Balaban J connectivity index is 1.43. The highest BCUT2D eigenvalue weighted by Crippen LogP contribution is 2.34. The maximum atomic E-state index is 12.7. The number of nitrogens with zero attached hydrogens (tertiary/aromatic N) is 2. The van der Waals surface area contributed by atoms with E-state index in [1.807, 2.05) is 31.2 Å². The maximum absolute atomic E-state index is 12.7. The number of nitro benzene ring substituents is 1. The first-order chi connectivity index (χ1) is 15.8. The molecule has 0 N–H and O–H groups in total. The first-order valence-electron chi connectivity index (χ1n) is 10.1. The van der Waals surface area contributed by atoms with Crippen molar-refractivity contribution in [1.82, 2.24) is 4.90 Å². The number of imide groups is 1. The van der Waals surface area contributed by atoms with Crippen LogP contribution in [0.2, 0.25) is 0 Å². The number of hydrogen-bond donors (Lipinski definition) is 0. The Hall–Kier alpha value is -3.85. The third-order valence-electron chi connectivity index (χ3n) is 5.06. The van der Waals surface area contributed by atoms with E-state index in [1.54, 1.807) is 25.1 Å². The third kappa shape index (κ3) is 4.98. The molecule has 9 heteroatoms. The van der Waals surface area contributed by atoms with E-state index in [0.29, 0.717) is 28.4 Å². The normalized spacial score (nSPS) is 14.8. The number of hydrogen-bond acceptors (Lipinski definition) is 7. The number of rotatable bonds is 7. The van der Waals surface area contributed by atoms with Crippen molar-refractivity contribution in [3.63, 3.8) is 0 Å².